The number of morpholine rings is 1. The van der Waals surface area contributed by atoms with E-state index in [0.29, 0.717) is 24.7 Å². The Morgan fingerprint density at radius 2 is 1.71 bits per heavy atom. The number of hydrogen-bond donors (Lipinski definition) is 1. The van der Waals surface area contributed by atoms with Crippen LogP contribution in [0.2, 0.25) is 0 Å². The molecule has 1 aromatic carbocycles. The lowest BCUT2D eigenvalue weighted by Crippen LogP contribution is -2.37. The van der Waals surface area contributed by atoms with Gasteiger partial charge in [-0.3, -0.25) is 4.79 Å². The number of rotatable bonds is 3. The van der Waals surface area contributed by atoms with Crippen LogP contribution in [0, 0.1) is 20.8 Å². The topological polar surface area (TPSA) is 67.4 Å². The fourth-order valence-electron chi connectivity index (χ4n) is 2.86. The molecule has 6 nitrogen and oxygen atoms in total. The van der Waals surface area contributed by atoms with E-state index in [1.165, 1.54) is 0 Å². The molecule has 24 heavy (non-hydrogen) atoms. The minimum absolute atomic E-state index is 0.222. The summed E-state index contributed by atoms with van der Waals surface area (Å²) in [7, 11) is 0. The molecule has 2 aromatic rings. The summed E-state index contributed by atoms with van der Waals surface area (Å²) in [6.07, 6.45) is 0. The van der Waals surface area contributed by atoms with Crippen LogP contribution in [0.5, 0.6) is 0 Å². The first kappa shape index (κ1) is 16.4. The van der Waals surface area contributed by atoms with Gasteiger partial charge in [0.15, 0.2) is 0 Å². The van der Waals surface area contributed by atoms with E-state index in [-0.39, 0.29) is 5.91 Å². The van der Waals surface area contributed by atoms with Gasteiger partial charge in [-0.05, 0) is 44.0 Å². The van der Waals surface area contributed by atoms with Crippen LogP contribution in [-0.2, 0) is 4.74 Å². The highest BCUT2D eigenvalue weighted by atomic mass is 16.5. The maximum Gasteiger partial charge on any atom is 0.274 e. The van der Waals surface area contributed by atoms with Gasteiger partial charge in [-0.2, -0.15) is 0 Å². The molecule has 0 aliphatic carbocycles. The van der Waals surface area contributed by atoms with Crippen LogP contribution in [0.25, 0.3) is 0 Å². The number of ether oxygens (including phenoxy) is 1. The zero-order valence-electron chi connectivity index (χ0n) is 14.3. The molecule has 1 aliphatic heterocycles. The summed E-state index contributed by atoms with van der Waals surface area (Å²) in [6.45, 7) is 8.71. The number of nitrogens with zero attached hydrogens (tertiary/aromatic N) is 3. The summed E-state index contributed by atoms with van der Waals surface area (Å²) in [4.78, 5) is 23.4. The fraction of sp³-hybridized carbons (Fsp3) is 0.389. The molecule has 0 radical (unpaired) electrons. The Morgan fingerprint density at radius 1 is 1.04 bits per heavy atom. The molecular weight excluding hydrogens is 304 g/mol. The van der Waals surface area contributed by atoms with Crippen molar-refractivity contribution in [3.63, 3.8) is 0 Å². The van der Waals surface area contributed by atoms with Crippen molar-refractivity contribution in [2.24, 2.45) is 0 Å². The zero-order valence-corrected chi connectivity index (χ0v) is 14.3. The molecule has 1 saturated heterocycles. The minimum Gasteiger partial charge on any atom is -0.378 e. The predicted molar refractivity (Wildman–Crippen MR) is 93.7 cm³/mol. The number of carbonyl (C=O) groups is 1. The Morgan fingerprint density at radius 3 is 2.38 bits per heavy atom. The van der Waals surface area contributed by atoms with Gasteiger partial charge in [0.1, 0.15) is 17.3 Å². The third kappa shape index (κ3) is 3.89. The standard InChI is InChI=1S/C18H22N4O2/c1-12-8-13(2)10-15(9-12)21-18(23)16-11-17(20-14(3)19-16)22-4-6-24-7-5-22/h8-11H,4-7H2,1-3H3,(H,21,23). The van der Waals surface area contributed by atoms with Crippen LogP contribution >= 0.6 is 0 Å². The Hall–Kier alpha value is -2.47. The first-order valence-corrected chi connectivity index (χ1v) is 8.09. The van der Waals surface area contributed by atoms with Crippen LogP contribution < -0.4 is 10.2 Å². The van der Waals surface area contributed by atoms with Crippen LogP contribution in [0.1, 0.15) is 27.4 Å². The molecule has 2 heterocycles. The smallest absolute Gasteiger partial charge is 0.274 e. The molecule has 1 amide bonds. The lowest BCUT2D eigenvalue weighted by atomic mass is 10.1. The number of benzene rings is 1. The summed E-state index contributed by atoms with van der Waals surface area (Å²) in [6, 6.07) is 7.71. The average molecular weight is 326 g/mol. The fourth-order valence-corrected chi connectivity index (χ4v) is 2.86. The summed E-state index contributed by atoms with van der Waals surface area (Å²) >= 11 is 0. The van der Waals surface area contributed by atoms with Gasteiger partial charge in [0.05, 0.1) is 13.2 Å². The first-order valence-electron chi connectivity index (χ1n) is 8.09. The molecule has 6 heteroatoms. The second-order valence-corrected chi connectivity index (χ2v) is 6.09. The molecule has 1 aromatic heterocycles. The third-order valence-corrected chi connectivity index (χ3v) is 3.87. The number of hydrogen-bond acceptors (Lipinski definition) is 5. The third-order valence-electron chi connectivity index (χ3n) is 3.87. The molecule has 0 spiro atoms. The molecule has 0 saturated carbocycles. The minimum atomic E-state index is -0.222. The highest BCUT2D eigenvalue weighted by molar-refractivity contribution is 6.03. The zero-order chi connectivity index (χ0) is 17.1. The molecule has 1 aliphatic rings. The van der Waals surface area contributed by atoms with Gasteiger partial charge in [-0.15, -0.1) is 0 Å². The van der Waals surface area contributed by atoms with E-state index in [1.54, 1.807) is 13.0 Å². The number of aryl methyl sites for hydroxylation is 3. The molecule has 126 valence electrons. The van der Waals surface area contributed by atoms with Crippen LogP contribution in [-0.4, -0.2) is 42.2 Å². The van der Waals surface area contributed by atoms with Gasteiger partial charge in [-0.1, -0.05) is 6.07 Å². The van der Waals surface area contributed by atoms with Crippen LogP contribution in [0.4, 0.5) is 11.5 Å². The molecule has 3 rings (SSSR count). The lowest BCUT2D eigenvalue weighted by Gasteiger charge is -2.28. The Balaban J connectivity index is 1.82. The second-order valence-electron chi connectivity index (χ2n) is 6.09. The van der Waals surface area contributed by atoms with Crippen molar-refractivity contribution < 1.29 is 9.53 Å². The van der Waals surface area contributed by atoms with E-state index in [0.717, 1.165) is 35.7 Å². The second kappa shape index (κ2) is 6.97. The van der Waals surface area contributed by atoms with E-state index in [4.69, 9.17) is 4.74 Å². The molecule has 1 N–H and O–H groups in total. The Labute approximate surface area is 141 Å². The normalized spacial score (nSPS) is 14.5. The van der Waals surface area contributed by atoms with E-state index < -0.39 is 0 Å². The highest BCUT2D eigenvalue weighted by Crippen LogP contribution is 2.17. The number of carbonyl (C=O) groups excluding carboxylic acids is 1. The van der Waals surface area contributed by atoms with Gasteiger partial charge >= 0.3 is 0 Å². The summed E-state index contributed by atoms with van der Waals surface area (Å²) < 4.78 is 5.37. The SMILES string of the molecule is Cc1cc(C)cc(NC(=O)c2cc(N3CCOCC3)nc(C)n2)c1. The first-order chi connectivity index (χ1) is 11.5. The van der Waals surface area contributed by atoms with E-state index >= 15 is 0 Å². The van der Waals surface area contributed by atoms with E-state index in [9.17, 15) is 4.79 Å². The molecular formula is C18H22N4O2. The molecule has 1 fully saturated rings. The van der Waals surface area contributed by atoms with Crippen molar-refractivity contribution in [1.82, 2.24) is 9.97 Å². The Kier molecular flexibility index (Phi) is 4.76. The summed E-state index contributed by atoms with van der Waals surface area (Å²) in [5.41, 5.74) is 3.38. The van der Waals surface area contributed by atoms with Crippen molar-refractivity contribution in [2.75, 3.05) is 36.5 Å². The molecule has 0 bridgehead atoms. The predicted octanol–water partition coefficient (Wildman–Crippen LogP) is 2.49. The highest BCUT2D eigenvalue weighted by Gasteiger charge is 2.17. The van der Waals surface area contributed by atoms with E-state index in [2.05, 4.69) is 26.3 Å². The van der Waals surface area contributed by atoms with Gasteiger partial charge < -0.3 is 15.0 Å². The van der Waals surface area contributed by atoms with Gasteiger partial charge in [0.2, 0.25) is 0 Å². The van der Waals surface area contributed by atoms with Crippen LogP contribution in [0.3, 0.4) is 0 Å². The van der Waals surface area contributed by atoms with Crippen molar-refractivity contribution in [3.05, 3.63) is 46.9 Å². The monoisotopic (exact) mass is 326 g/mol. The summed E-state index contributed by atoms with van der Waals surface area (Å²) in [5, 5.41) is 2.92. The van der Waals surface area contributed by atoms with Gasteiger partial charge in [0.25, 0.3) is 5.91 Å². The number of amides is 1. The Bertz CT molecular complexity index is 734. The van der Waals surface area contributed by atoms with Gasteiger partial charge in [0, 0.05) is 24.8 Å². The van der Waals surface area contributed by atoms with Crippen molar-refractivity contribution in [1.29, 1.82) is 0 Å². The molecule has 0 unspecified atom stereocenters. The quantitative estimate of drug-likeness (QED) is 0.938. The number of nitrogens with one attached hydrogen (secondary N) is 1. The van der Waals surface area contributed by atoms with Crippen molar-refractivity contribution in [3.8, 4) is 0 Å². The lowest BCUT2D eigenvalue weighted by molar-refractivity contribution is 0.102. The maximum atomic E-state index is 12.6. The number of aromatic nitrogens is 2. The average Bonchev–Trinajstić information content (AvgIpc) is 2.54. The largest absolute Gasteiger partial charge is 0.378 e. The molecule has 0 atom stereocenters. The van der Waals surface area contributed by atoms with E-state index in [1.807, 2.05) is 26.0 Å². The maximum absolute atomic E-state index is 12.6. The number of anilines is 2. The van der Waals surface area contributed by atoms with Crippen LogP contribution in [0.15, 0.2) is 24.3 Å². The van der Waals surface area contributed by atoms with Gasteiger partial charge in [-0.25, -0.2) is 9.97 Å². The van der Waals surface area contributed by atoms with Crippen molar-refractivity contribution >= 4 is 17.4 Å². The summed E-state index contributed by atoms with van der Waals surface area (Å²) in [5.74, 6) is 1.14. The van der Waals surface area contributed by atoms with Crippen molar-refractivity contribution in [2.45, 2.75) is 20.8 Å².